The zero-order valence-corrected chi connectivity index (χ0v) is 11.0. The molecular formula is C18H14N2. The first-order chi connectivity index (χ1) is 9.93. The van der Waals surface area contributed by atoms with E-state index < -0.39 is 0 Å². The molecule has 0 N–H and O–H groups in total. The summed E-state index contributed by atoms with van der Waals surface area (Å²) in [5.41, 5.74) is 3.28. The molecule has 0 atom stereocenters. The molecule has 0 amide bonds. The Kier molecular flexibility index (Phi) is 3.65. The van der Waals surface area contributed by atoms with E-state index in [-0.39, 0.29) is 0 Å². The molecule has 3 aromatic rings. The van der Waals surface area contributed by atoms with Gasteiger partial charge in [0, 0.05) is 18.0 Å². The number of nitrogens with zero attached hydrogens (tertiary/aromatic N) is 2. The van der Waals surface area contributed by atoms with Gasteiger partial charge in [0.1, 0.15) is 0 Å². The Bertz CT molecular complexity index is 648. The fourth-order valence-electron chi connectivity index (χ4n) is 2.05. The van der Waals surface area contributed by atoms with E-state index in [1.54, 1.807) is 12.4 Å². The largest absolute Gasteiger partial charge is 0.237 e. The molecule has 0 saturated heterocycles. The van der Waals surface area contributed by atoms with Crippen molar-refractivity contribution in [3.05, 3.63) is 96.1 Å². The summed E-state index contributed by atoms with van der Waals surface area (Å²) in [6.07, 6.45) is 5.65. The molecule has 0 bridgehead atoms. The van der Waals surface area contributed by atoms with E-state index in [4.69, 9.17) is 0 Å². The molecule has 96 valence electrons. The predicted octanol–water partition coefficient (Wildman–Crippen LogP) is 4.07. The zero-order valence-electron chi connectivity index (χ0n) is 11.0. The van der Waals surface area contributed by atoms with Crippen LogP contribution in [-0.2, 0) is 0 Å². The Labute approximate surface area is 118 Å². The molecule has 2 aromatic carbocycles. The lowest BCUT2D eigenvalue weighted by Gasteiger charge is -2.06. The van der Waals surface area contributed by atoms with E-state index in [9.17, 15) is 0 Å². The van der Waals surface area contributed by atoms with Gasteiger partial charge in [-0.25, -0.2) is 9.97 Å². The molecule has 0 aliphatic carbocycles. The van der Waals surface area contributed by atoms with Gasteiger partial charge in [0.2, 0.25) is 0 Å². The first kappa shape index (κ1) is 12.3. The van der Waals surface area contributed by atoms with E-state index in [1.807, 2.05) is 42.5 Å². The smallest absolute Gasteiger partial charge is 0.159 e. The van der Waals surface area contributed by atoms with Crippen molar-refractivity contribution in [2.45, 2.75) is 0 Å². The van der Waals surface area contributed by atoms with Crippen molar-refractivity contribution in [2.75, 3.05) is 0 Å². The van der Waals surface area contributed by atoms with E-state index >= 15 is 0 Å². The van der Waals surface area contributed by atoms with Crippen LogP contribution >= 0.6 is 0 Å². The summed E-state index contributed by atoms with van der Waals surface area (Å²) in [6.45, 7) is 0. The molecule has 0 spiro atoms. The first-order valence-corrected chi connectivity index (χ1v) is 6.53. The maximum atomic E-state index is 4.37. The minimum absolute atomic E-state index is 0.738. The maximum absolute atomic E-state index is 4.37. The second-order valence-corrected chi connectivity index (χ2v) is 4.41. The molecule has 0 radical (unpaired) electrons. The first-order valence-electron chi connectivity index (χ1n) is 6.53. The highest BCUT2D eigenvalue weighted by Crippen LogP contribution is 2.22. The predicted molar refractivity (Wildman–Crippen MR) is 81.9 cm³/mol. The molecule has 2 nitrogen and oxygen atoms in total. The van der Waals surface area contributed by atoms with Crippen molar-refractivity contribution in [1.29, 1.82) is 0 Å². The number of hydrogen-bond acceptors (Lipinski definition) is 2. The van der Waals surface area contributed by atoms with Crippen molar-refractivity contribution in [3.8, 4) is 0 Å². The van der Waals surface area contributed by atoms with Gasteiger partial charge in [-0.3, -0.25) is 0 Å². The van der Waals surface area contributed by atoms with E-state index in [2.05, 4.69) is 40.3 Å². The van der Waals surface area contributed by atoms with Gasteiger partial charge in [-0.15, -0.1) is 0 Å². The lowest BCUT2D eigenvalue weighted by atomic mass is 10.0. The summed E-state index contributed by atoms with van der Waals surface area (Å²) < 4.78 is 0. The van der Waals surface area contributed by atoms with Crippen LogP contribution in [0.3, 0.4) is 0 Å². The summed E-state index contributed by atoms with van der Waals surface area (Å²) in [6, 6.07) is 22.3. The number of aromatic nitrogens is 2. The highest BCUT2D eigenvalue weighted by molar-refractivity contribution is 5.88. The maximum Gasteiger partial charge on any atom is 0.159 e. The third-order valence-electron chi connectivity index (χ3n) is 3.00. The normalized spacial score (nSPS) is 11.3. The molecular weight excluding hydrogens is 244 g/mol. The minimum atomic E-state index is 0.738. The van der Waals surface area contributed by atoms with Crippen LogP contribution < -0.4 is 0 Å². The molecule has 1 heterocycles. The Balaban J connectivity index is 2.12. The molecule has 1 aromatic heterocycles. The quantitative estimate of drug-likeness (QED) is 0.662. The number of benzene rings is 2. The van der Waals surface area contributed by atoms with Crippen LogP contribution in [0.5, 0.6) is 0 Å². The van der Waals surface area contributed by atoms with Crippen molar-refractivity contribution in [3.63, 3.8) is 0 Å². The number of hydrogen-bond donors (Lipinski definition) is 0. The second-order valence-electron chi connectivity index (χ2n) is 4.41. The van der Waals surface area contributed by atoms with Crippen LogP contribution in [0.15, 0.2) is 79.1 Å². The van der Waals surface area contributed by atoms with Crippen molar-refractivity contribution in [1.82, 2.24) is 9.97 Å². The van der Waals surface area contributed by atoms with Crippen molar-refractivity contribution in [2.24, 2.45) is 0 Å². The van der Waals surface area contributed by atoms with Crippen molar-refractivity contribution >= 4 is 11.6 Å². The molecule has 0 aliphatic heterocycles. The van der Waals surface area contributed by atoms with Crippen LogP contribution in [0.2, 0.25) is 0 Å². The highest BCUT2D eigenvalue weighted by atomic mass is 14.9. The molecule has 0 fully saturated rings. The van der Waals surface area contributed by atoms with Gasteiger partial charge in [0.15, 0.2) is 5.82 Å². The molecule has 3 rings (SSSR count). The van der Waals surface area contributed by atoms with Crippen LogP contribution in [0.1, 0.15) is 17.0 Å². The van der Waals surface area contributed by atoms with Gasteiger partial charge in [-0.1, -0.05) is 60.7 Å². The zero-order chi connectivity index (χ0) is 13.6. The molecule has 20 heavy (non-hydrogen) atoms. The van der Waals surface area contributed by atoms with Gasteiger partial charge in [-0.05, 0) is 23.3 Å². The fraction of sp³-hybridized carbons (Fsp3) is 0. The Morgan fingerprint density at radius 2 is 1.30 bits per heavy atom. The topological polar surface area (TPSA) is 25.8 Å². The summed E-state index contributed by atoms with van der Waals surface area (Å²) in [7, 11) is 0. The Morgan fingerprint density at radius 3 is 1.95 bits per heavy atom. The fourth-order valence-corrected chi connectivity index (χ4v) is 2.05. The van der Waals surface area contributed by atoms with Crippen molar-refractivity contribution < 1.29 is 0 Å². The van der Waals surface area contributed by atoms with E-state index in [1.165, 1.54) is 0 Å². The van der Waals surface area contributed by atoms with Gasteiger partial charge in [0.25, 0.3) is 0 Å². The summed E-state index contributed by atoms with van der Waals surface area (Å²) in [5.74, 6) is 0.738. The summed E-state index contributed by atoms with van der Waals surface area (Å²) in [5, 5.41) is 0. The monoisotopic (exact) mass is 258 g/mol. The average Bonchev–Trinajstić information content (AvgIpc) is 2.55. The Hall–Kier alpha value is -2.74. The summed E-state index contributed by atoms with van der Waals surface area (Å²) >= 11 is 0. The SMILES string of the molecule is C(=C(c1ccccc1)c1ncccn1)c1ccccc1. The van der Waals surface area contributed by atoms with Crippen LogP contribution in [0, 0.1) is 0 Å². The number of rotatable bonds is 3. The molecule has 0 saturated carbocycles. The van der Waals surface area contributed by atoms with E-state index in [0.717, 1.165) is 22.5 Å². The lowest BCUT2D eigenvalue weighted by Crippen LogP contribution is -1.94. The third kappa shape index (κ3) is 2.81. The Morgan fingerprint density at radius 1 is 0.700 bits per heavy atom. The third-order valence-corrected chi connectivity index (χ3v) is 3.00. The van der Waals surface area contributed by atoms with Gasteiger partial charge >= 0.3 is 0 Å². The molecule has 2 heteroatoms. The molecule has 0 aliphatic rings. The van der Waals surface area contributed by atoms with Gasteiger partial charge < -0.3 is 0 Å². The highest BCUT2D eigenvalue weighted by Gasteiger charge is 2.07. The van der Waals surface area contributed by atoms with Crippen LogP contribution in [0.4, 0.5) is 0 Å². The van der Waals surface area contributed by atoms with Gasteiger partial charge in [0.05, 0.1) is 0 Å². The minimum Gasteiger partial charge on any atom is -0.237 e. The second kappa shape index (κ2) is 5.93. The molecule has 0 unspecified atom stereocenters. The summed E-state index contributed by atoms with van der Waals surface area (Å²) in [4.78, 5) is 8.74. The van der Waals surface area contributed by atoms with E-state index in [0.29, 0.717) is 0 Å². The lowest BCUT2D eigenvalue weighted by molar-refractivity contribution is 1.12. The van der Waals surface area contributed by atoms with Crippen LogP contribution in [-0.4, -0.2) is 9.97 Å². The van der Waals surface area contributed by atoms with Gasteiger partial charge in [-0.2, -0.15) is 0 Å². The van der Waals surface area contributed by atoms with Crippen LogP contribution in [0.25, 0.3) is 11.6 Å². The average molecular weight is 258 g/mol. The standard InChI is InChI=1S/C18H14N2/c1-3-8-15(9-4-1)14-17(16-10-5-2-6-11-16)18-19-12-7-13-20-18/h1-14H.